The van der Waals surface area contributed by atoms with Crippen LogP contribution in [0.25, 0.3) is 0 Å². The van der Waals surface area contributed by atoms with E-state index >= 15 is 0 Å². The predicted molar refractivity (Wildman–Crippen MR) is 139 cm³/mol. The van der Waals surface area contributed by atoms with E-state index in [0.717, 1.165) is 62.0 Å². The molecule has 7 heteroatoms. The molecule has 3 aromatic carbocycles. The normalized spacial score (nSPS) is 16.0. The van der Waals surface area contributed by atoms with E-state index in [1.54, 1.807) is 0 Å². The zero-order valence-electron chi connectivity index (χ0n) is 19.7. The Bertz CT molecular complexity index is 1190. The van der Waals surface area contributed by atoms with Crippen molar-refractivity contribution in [2.24, 2.45) is 0 Å². The molecule has 2 heterocycles. The highest BCUT2D eigenvalue weighted by molar-refractivity contribution is 6.08. The summed E-state index contributed by atoms with van der Waals surface area (Å²) in [5.41, 5.74) is 5.40. The van der Waals surface area contributed by atoms with E-state index in [1.807, 2.05) is 60.7 Å². The van der Waals surface area contributed by atoms with Crippen LogP contribution in [0, 0.1) is 11.3 Å². The van der Waals surface area contributed by atoms with Crippen LogP contribution < -0.4 is 20.0 Å². The average Bonchev–Trinajstić information content (AvgIpc) is 2.94. The van der Waals surface area contributed by atoms with Crippen LogP contribution in [-0.4, -0.2) is 58.4 Å². The molecule has 1 N–H and O–H groups in total. The molecule has 0 saturated carbocycles. The number of amides is 1. The fraction of sp³-hybridized carbons (Fsp3) is 0.286. The molecule has 3 aromatic rings. The average molecular weight is 468 g/mol. The first-order valence-corrected chi connectivity index (χ1v) is 12.0. The molecule has 2 aliphatic rings. The lowest BCUT2D eigenvalue weighted by molar-refractivity contribution is 0.102. The molecule has 5 rings (SSSR count). The highest BCUT2D eigenvalue weighted by atomic mass is 16.5. The Morgan fingerprint density at radius 1 is 0.743 bits per heavy atom. The Balaban J connectivity index is 1.19. The molecule has 0 bridgehead atoms. The Labute approximate surface area is 206 Å². The quantitative estimate of drug-likeness (QED) is 0.612. The summed E-state index contributed by atoms with van der Waals surface area (Å²) < 4.78 is 5.46. The number of ether oxygens (including phenoxy) is 1. The Kier molecular flexibility index (Phi) is 6.82. The number of morpholine rings is 1. The standard InChI is InChI=1S/C28H29N5O2/c29-21-22-5-9-24(10-6-22)31-13-15-32(16-14-31)25-11-7-23(8-12-25)30-28(34)26-3-1-2-4-27(26)33-17-19-35-20-18-33/h1-12H,13-20H2,(H,30,34). The number of hydrogen-bond donors (Lipinski definition) is 1. The molecule has 2 aliphatic heterocycles. The molecule has 2 fully saturated rings. The second kappa shape index (κ2) is 10.5. The van der Waals surface area contributed by atoms with Crippen molar-refractivity contribution in [1.82, 2.24) is 0 Å². The molecule has 0 aliphatic carbocycles. The first-order valence-electron chi connectivity index (χ1n) is 12.0. The lowest BCUT2D eigenvalue weighted by atomic mass is 10.1. The van der Waals surface area contributed by atoms with Crippen molar-refractivity contribution in [2.45, 2.75) is 0 Å². The van der Waals surface area contributed by atoms with Crippen LogP contribution in [0.5, 0.6) is 0 Å². The van der Waals surface area contributed by atoms with Gasteiger partial charge < -0.3 is 24.8 Å². The van der Waals surface area contributed by atoms with Crippen molar-refractivity contribution in [1.29, 1.82) is 5.26 Å². The summed E-state index contributed by atoms with van der Waals surface area (Å²) in [7, 11) is 0. The lowest BCUT2D eigenvalue weighted by Gasteiger charge is -2.37. The number of nitrogens with zero attached hydrogens (tertiary/aromatic N) is 4. The van der Waals surface area contributed by atoms with E-state index in [0.29, 0.717) is 24.3 Å². The van der Waals surface area contributed by atoms with Crippen molar-refractivity contribution in [3.8, 4) is 6.07 Å². The molecule has 0 aromatic heterocycles. The van der Waals surface area contributed by atoms with E-state index in [4.69, 9.17) is 10.00 Å². The van der Waals surface area contributed by atoms with Gasteiger partial charge in [-0.1, -0.05) is 12.1 Å². The molecule has 2 saturated heterocycles. The Morgan fingerprint density at radius 3 is 1.91 bits per heavy atom. The highest BCUT2D eigenvalue weighted by Crippen LogP contribution is 2.25. The third-order valence-corrected chi connectivity index (χ3v) is 6.63. The molecular formula is C28H29N5O2. The van der Waals surface area contributed by atoms with Gasteiger partial charge in [0.15, 0.2) is 0 Å². The van der Waals surface area contributed by atoms with Crippen molar-refractivity contribution in [2.75, 3.05) is 72.5 Å². The van der Waals surface area contributed by atoms with Gasteiger partial charge >= 0.3 is 0 Å². The summed E-state index contributed by atoms with van der Waals surface area (Å²) in [4.78, 5) is 20.0. The summed E-state index contributed by atoms with van der Waals surface area (Å²) in [6, 6.07) is 25.8. The number of piperazine rings is 1. The smallest absolute Gasteiger partial charge is 0.257 e. The van der Waals surface area contributed by atoms with Gasteiger partial charge in [-0.2, -0.15) is 5.26 Å². The number of rotatable bonds is 5. The molecule has 0 spiro atoms. The summed E-state index contributed by atoms with van der Waals surface area (Å²) in [5, 5.41) is 12.1. The van der Waals surface area contributed by atoms with Gasteiger partial charge in [0, 0.05) is 62.0 Å². The summed E-state index contributed by atoms with van der Waals surface area (Å²) in [5.74, 6) is -0.101. The van der Waals surface area contributed by atoms with Crippen LogP contribution in [0.2, 0.25) is 0 Å². The highest BCUT2D eigenvalue weighted by Gasteiger charge is 2.20. The van der Waals surface area contributed by atoms with Gasteiger partial charge in [-0.05, 0) is 60.7 Å². The number of nitriles is 1. The molecule has 1 amide bonds. The minimum absolute atomic E-state index is 0.101. The number of nitrogens with one attached hydrogen (secondary N) is 1. The van der Waals surface area contributed by atoms with E-state index in [1.165, 1.54) is 0 Å². The second-order valence-electron chi connectivity index (χ2n) is 8.75. The minimum atomic E-state index is -0.101. The van der Waals surface area contributed by atoms with Gasteiger partial charge in [-0.25, -0.2) is 0 Å². The van der Waals surface area contributed by atoms with Gasteiger partial charge in [0.05, 0.1) is 30.4 Å². The number of benzene rings is 3. The van der Waals surface area contributed by atoms with Crippen LogP contribution in [0.1, 0.15) is 15.9 Å². The molecule has 0 radical (unpaired) electrons. The lowest BCUT2D eigenvalue weighted by Crippen LogP contribution is -2.46. The van der Waals surface area contributed by atoms with E-state index in [9.17, 15) is 4.79 Å². The van der Waals surface area contributed by atoms with Crippen molar-refractivity contribution in [3.63, 3.8) is 0 Å². The van der Waals surface area contributed by atoms with Crippen molar-refractivity contribution < 1.29 is 9.53 Å². The second-order valence-corrected chi connectivity index (χ2v) is 8.75. The topological polar surface area (TPSA) is 71.8 Å². The maximum absolute atomic E-state index is 13.1. The van der Waals surface area contributed by atoms with Crippen molar-refractivity contribution in [3.05, 3.63) is 83.9 Å². The SMILES string of the molecule is N#Cc1ccc(N2CCN(c3ccc(NC(=O)c4ccccc4N4CCOCC4)cc3)CC2)cc1. The van der Waals surface area contributed by atoms with Gasteiger partial charge in [0.25, 0.3) is 5.91 Å². The molecule has 0 atom stereocenters. The zero-order chi connectivity index (χ0) is 24.0. The van der Waals surface area contributed by atoms with E-state index < -0.39 is 0 Å². The summed E-state index contributed by atoms with van der Waals surface area (Å²) in [6.45, 7) is 6.61. The van der Waals surface area contributed by atoms with Crippen LogP contribution in [-0.2, 0) is 4.74 Å². The zero-order valence-corrected chi connectivity index (χ0v) is 19.7. The molecule has 178 valence electrons. The maximum Gasteiger partial charge on any atom is 0.257 e. The van der Waals surface area contributed by atoms with Crippen molar-refractivity contribution >= 4 is 28.7 Å². The van der Waals surface area contributed by atoms with Gasteiger partial charge in [0.2, 0.25) is 0 Å². The summed E-state index contributed by atoms with van der Waals surface area (Å²) in [6.07, 6.45) is 0. The monoisotopic (exact) mass is 467 g/mol. The Hall–Kier alpha value is -4.02. The van der Waals surface area contributed by atoms with Gasteiger partial charge in [-0.3, -0.25) is 4.79 Å². The largest absolute Gasteiger partial charge is 0.378 e. The Morgan fingerprint density at radius 2 is 1.31 bits per heavy atom. The summed E-state index contributed by atoms with van der Waals surface area (Å²) >= 11 is 0. The van der Waals surface area contributed by atoms with Crippen LogP contribution >= 0.6 is 0 Å². The van der Waals surface area contributed by atoms with Gasteiger partial charge in [0.1, 0.15) is 0 Å². The van der Waals surface area contributed by atoms with E-state index in [2.05, 4.69) is 38.2 Å². The fourth-order valence-corrected chi connectivity index (χ4v) is 4.67. The van der Waals surface area contributed by atoms with Crippen LogP contribution in [0.4, 0.5) is 22.7 Å². The predicted octanol–water partition coefficient (Wildman–Crippen LogP) is 3.97. The minimum Gasteiger partial charge on any atom is -0.378 e. The third kappa shape index (κ3) is 5.23. The number of carbonyl (C=O) groups is 1. The first kappa shape index (κ1) is 22.8. The molecule has 0 unspecified atom stereocenters. The first-order chi connectivity index (χ1) is 17.2. The van der Waals surface area contributed by atoms with E-state index in [-0.39, 0.29) is 5.91 Å². The van der Waals surface area contributed by atoms with Crippen LogP contribution in [0.3, 0.4) is 0 Å². The maximum atomic E-state index is 13.1. The number of para-hydroxylation sites is 1. The number of carbonyl (C=O) groups excluding carboxylic acids is 1. The molecule has 35 heavy (non-hydrogen) atoms. The fourth-order valence-electron chi connectivity index (χ4n) is 4.67. The number of hydrogen-bond acceptors (Lipinski definition) is 6. The number of anilines is 4. The van der Waals surface area contributed by atoms with Crippen LogP contribution in [0.15, 0.2) is 72.8 Å². The third-order valence-electron chi connectivity index (χ3n) is 6.63. The van der Waals surface area contributed by atoms with Gasteiger partial charge in [-0.15, -0.1) is 0 Å². The molecule has 7 nitrogen and oxygen atoms in total. The molecular weight excluding hydrogens is 438 g/mol.